The van der Waals surface area contributed by atoms with E-state index >= 15 is 0 Å². The highest BCUT2D eigenvalue weighted by Gasteiger charge is 2.04. The van der Waals surface area contributed by atoms with E-state index in [0.29, 0.717) is 5.56 Å². The van der Waals surface area contributed by atoms with E-state index in [0.717, 1.165) is 12.1 Å². The van der Waals surface area contributed by atoms with Crippen molar-refractivity contribution in [3.8, 4) is 0 Å². The molecule has 0 fully saturated rings. The van der Waals surface area contributed by atoms with Crippen molar-refractivity contribution >= 4 is 11.6 Å². The predicted molar refractivity (Wildman–Crippen MR) is 82.9 cm³/mol. The minimum atomic E-state index is -0.394. The van der Waals surface area contributed by atoms with Crippen molar-refractivity contribution in [3.63, 3.8) is 0 Å². The molecule has 3 heteroatoms. The summed E-state index contributed by atoms with van der Waals surface area (Å²) < 4.78 is 0. The predicted octanol–water partition coefficient (Wildman–Crippen LogP) is 3.32. The van der Waals surface area contributed by atoms with Gasteiger partial charge in [0.15, 0.2) is 0 Å². The van der Waals surface area contributed by atoms with Crippen molar-refractivity contribution < 1.29 is 4.79 Å². The molecule has 3 N–H and O–H groups in total. The van der Waals surface area contributed by atoms with E-state index in [1.807, 2.05) is 12.1 Å². The Hall–Kier alpha value is -2.29. The quantitative estimate of drug-likeness (QED) is 0.893. The number of nitrogens with one attached hydrogen (secondary N) is 1. The van der Waals surface area contributed by atoms with Crippen LogP contribution in [0.25, 0.3) is 0 Å². The molecule has 2 aromatic carbocycles. The summed E-state index contributed by atoms with van der Waals surface area (Å²) in [7, 11) is 0. The first-order chi connectivity index (χ1) is 9.47. The molecule has 0 aliphatic rings. The Labute approximate surface area is 119 Å². The maximum atomic E-state index is 11.0. The Kier molecular flexibility index (Phi) is 4.08. The fraction of sp³-hybridized carbons (Fsp3) is 0.235. The average Bonchev–Trinajstić information content (AvgIpc) is 2.38. The lowest BCUT2D eigenvalue weighted by Crippen LogP contribution is -2.11. The number of hydrogen-bond donors (Lipinski definition) is 2. The molecule has 0 spiro atoms. The molecule has 0 atom stereocenters. The average molecular weight is 268 g/mol. The van der Waals surface area contributed by atoms with Gasteiger partial charge in [-0.1, -0.05) is 29.8 Å². The first-order valence-corrected chi connectivity index (χ1v) is 6.68. The van der Waals surface area contributed by atoms with Gasteiger partial charge in [0.25, 0.3) is 0 Å². The summed E-state index contributed by atoms with van der Waals surface area (Å²) in [6.07, 6.45) is 0. The van der Waals surface area contributed by atoms with Crippen LogP contribution in [0.5, 0.6) is 0 Å². The topological polar surface area (TPSA) is 55.1 Å². The highest BCUT2D eigenvalue weighted by atomic mass is 16.1. The molecule has 0 saturated heterocycles. The molecule has 0 saturated carbocycles. The molecular weight excluding hydrogens is 248 g/mol. The third kappa shape index (κ3) is 3.18. The van der Waals surface area contributed by atoms with Crippen molar-refractivity contribution in [2.75, 3.05) is 5.32 Å². The lowest BCUT2D eigenvalue weighted by Gasteiger charge is -2.14. The van der Waals surface area contributed by atoms with Crippen LogP contribution in [0.3, 0.4) is 0 Å². The second kappa shape index (κ2) is 5.78. The number of aryl methyl sites for hydroxylation is 3. The fourth-order valence-electron chi connectivity index (χ4n) is 2.44. The van der Waals surface area contributed by atoms with E-state index in [4.69, 9.17) is 5.73 Å². The van der Waals surface area contributed by atoms with Gasteiger partial charge in [-0.05, 0) is 49.6 Å². The second-order valence-electron chi connectivity index (χ2n) is 5.19. The van der Waals surface area contributed by atoms with Crippen molar-refractivity contribution in [2.24, 2.45) is 5.73 Å². The van der Waals surface area contributed by atoms with Crippen LogP contribution in [-0.2, 0) is 6.54 Å². The smallest absolute Gasteiger partial charge is 0.248 e. The first kappa shape index (κ1) is 14.1. The number of amides is 1. The lowest BCUT2D eigenvalue weighted by molar-refractivity contribution is 0.100. The van der Waals surface area contributed by atoms with Gasteiger partial charge in [-0.3, -0.25) is 4.79 Å². The van der Waals surface area contributed by atoms with Gasteiger partial charge in [0.05, 0.1) is 0 Å². The molecule has 0 radical (unpaired) electrons. The van der Waals surface area contributed by atoms with Crippen LogP contribution >= 0.6 is 0 Å². The van der Waals surface area contributed by atoms with Gasteiger partial charge >= 0.3 is 0 Å². The number of nitrogens with two attached hydrogens (primary N) is 1. The number of carbonyl (C=O) groups excluding carboxylic acids is 1. The van der Waals surface area contributed by atoms with Crippen LogP contribution < -0.4 is 11.1 Å². The van der Waals surface area contributed by atoms with E-state index in [1.165, 1.54) is 22.4 Å². The zero-order chi connectivity index (χ0) is 14.7. The number of carbonyl (C=O) groups is 1. The Morgan fingerprint density at radius 3 is 2.10 bits per heavy atom. The monoisotopic (exact) mass is 268 g/mol. The molecule has 3 nitrogen and oxygen atoms in total. The highest BCUT2D eigenvalue weighted by molar-refractivity contribution is 5.92. The van der Waals surface area contributed by atoms with Crippen LogP contribution in [0, 0.1) is 20.8 Å². The van der Waals surface area contributed by atoms with Gasteiger partial charge in [0.1, 0.15) is 0 Å². The zero-order valence-corrected chi connectivity index (χ0v) is 12.2. The Bertz CT molecular complexity index is 607. The molecule has 0 bridgehead atoms. The van der Waals surface area contributed by atoms with E-state index in [9.17, 15) is 4.79 Å². The third-order valence-corrected chi connectivity index (χ3v) is 3.38. The molecule has 1 amide bonds. The summed E-state index contributed by atoms with van der Waals surface area (Å²) in [4.78, 5) is 11.0. The van der Waals surface area contributed by atoms with Crippen molar-refractivity contribution in [1.29, 1.82) is 0 Å². The van der Waals surface area contributed by atoms with E-state index < -0.39 is 5.91 Å². The van der Waals surface area contributed by atoms with Crippen molar-refractivity contribution in [1.82, 2.24) is 0 Å². The van der Waals surface area contributed by atoms with E-state index in [1.54, 1.807) is 12.1 Å². The molecule has 2 aromatic rings. The maximum Gasteiger partial charge on any atom is 0.248 e. The largest absolute Gasteiger partial charge is 0.381 e. The standard InChI is InChI=1S/C17H20N2O/c1-11-8-12(2)16(13(3)9-11)19-10-14-4-6-15(7-5-14)17(18)20/h4-9,19H,10H2,1-3H3,(H2,18,20). The van der Waals surface area contributed by atoms with E-state index in [2.05, 4.69) is 38.2 Å². The normalized spacial score (nSPS) is 10.3. The fourth-order valence-corrected chi connectivity index (χ4v) is 2.44. The summed E-state index contributed by atoms with van der Waals surface area (Å²) >= 11 is 0. The number of primary amides is 1. The third-order valence-electron chi connectivity index (χ3n) is 3.38. The van der Waals surface area contributed by atoms with E-state index in [-0.39, 0.29) is 0 Å². The highest BCUT2D eigenvalue weighted by Crippen LogP contribution is 2.22. The number of hydrogen-bond acceptors (Lipinski definition) is 2. The minimum Gasteiger partial charge on any atom is -0.381 e. The van der Waals surface area contributed by atoms with Gasteiger partial charge in [-0.25, -0.2) is 0 Å². The molecule has 20 heavy (non-hydrogen) atoms. The Morgan fingerprint density at radius 2 is 1.60 bits per heavy atom. The molecule has 0 heterocycles. The number of rotatable bonds is 4. The summed E-state index contributed by atoms with van der Waals surface area (Å²) in [5.41, 5.74) is 11.8. The van der Waals surface area contributed by atoms with Crippen LogP contribution in [-0.4, -0.2) is 5.91 Å². The number of benzene rings is 2. The molecular formula is C17H20N2O. The first-order valence-electron chi connectivity index (χ1n) is 6.68. The van der Waals surface area contributed by atoms with Crippen molar-refractivity contribution in [2.45, 2.75) is 27.3 Å². The van der Waals surface area contributed by atoms with Crippen LogP contribution in [0.4, 0.5) is 5.69 Å². The maximum absolute atomic E-state index is 11.0. The van der Waals surface area contributed by atoms with Crippen molar-refractivity contribution in [3.05, 3.63) is 64.2 Å². The van der Waals surface area contributed by atoms with Gasteiger partial charge in [0, 0.05) is 17.8 Å². The second-order valence-corrected chi connectivity index (χ2v) is 5.19. The van der Waals surface area contributed by atoms with Crippen LogP contribution in [0.15, 0.2) is 36.4 Å². The molecule has 104 valence electrons. The Morgan fingerprint density at radius 1 is 1.05 bits per heavy atom. The minimum absolute atomic E-state index is 0.394. The molecule has 0 aliphatic heterocycles. The van der Waals surface area contributed by atoms with Crippen LogP contribution in [0.2, 0.25) is 0 Å². The van der Waals surface area contributed by atoms with Gasteiger partial charge < -0.3 is 11.1 Å². The van der Waals surface area contributed by atoms with Crippen LogP contribution in [0.1, 0.15) is 32.6 Å². The van der Waals surface area contributed by atoms with Gasteiger partial charge in [0.2, 0.25) is 5.91 Å². The summed E-state index contributed by atoms with van der Waals surface area (Å²) in [6.45, 7) is 7.05. The summed E-state index contributed by atoms with van der Waals surface area (Å²) in [5, 5.41) is 3.46. The zero-order valence-electron chi connectivity index (χ0n) is 12.2. The molecule has 0 aliphatic carbocycles. The SMILES string of the molecule is Cc1cc(C)c(NCc2ccc(C(N)=O)cc2)c(C)c1. The summed E-state index contributed by atoms with van der Waals surface area (Å²) in [5.74, 6) is -0.394. The van der Waals surface area contributed by atoms with Gasteiger partial charge in [-0.2, -0.15) is 0 Å². The summed E-state index contributed by atoms with van der Waals surface area (Å²) in [6, 6.07) is 11.7. The Balaban J connectivity index is 2.11. The van der Waals surface area contributed by atoms with Gasteiger partial charge in [-0.15, -0.1) is 0 Å². The lowest BCUT2D eigenvalue weighted by atomic mass is 10.0. The number of anilines is 1. The molecule has 0 aromatic heterocycles. The molecule has 2 rings (SSSR count). The molecule has 0 unspecified atom stereocenters.